The summed E-state index contributed by atoms with van der Waals surface area (Å²) >= 11 is 5.82. The van der Waals surface area contributed by atoms with Crippen molar-refractivity contribution in [3.05, 3.63) is 28.8 Å². The molecule has 10 nitrogen and oxygen atoms in total. The van der Waals surface area contributed by atoms with Crippen LogP contribution in [0.3, 0.4) is 0 Å². The normalized spacial score (nSPS) is 15.6. The van der Waals surface area contributed by atoms with E-state index in [1.54, 1.807) is 4.90 Å². The van der Waals surface area contributed by atoms with E-state index in [9.17, 15) is 44.3 Å². The third-order valence-corrected chi connectivity index (χ3v) is 6.63. The molecule has 1 amide bonds. The second-order valence-corrected chi connectivity index (χ2v) is 9.11. The number of benzene rings is 1. The second-order valence-electron chi connectivity index (χ2n) is 6.80. The second kappa shape index (κ2) is 11.9. The summed E-state index contributed by atoms with van der Waals surface area (Å²) in [4.78, 5) is 31.9. The highest BCUT2D eigenvalue weighted by molar-refractivity contribution is 7.89. The molecule has 0 aliphatic carbocycles. The molecule has 18 heteroatoms. The van der Waals surface area contributed by atoms with Gasteiger partial charge in [-0.3, -0.25) is 14.5 Å². The van der Waals surface area contributed by atoms with Crippen LogP contribution in [0.5, 0.6) is 0 Å². The van der Waals surface area contributed by atoms with Crippen LogP contribution in [0.15, 0.2) is 23.1 Å². The number of hydrogen-bond donors (Lipinski definition) is 3. The summed E-state index contributed by atoms with van der Waals surface area (Å²) in [6, 6.07) is 2.10. The number of amides is 1. The zero-order valence-corrected chi connectivity index (χ0v) is 18.9. The Morgan fingerprint density at radius 3 is 1.94 bits per heavy atom. The summed E-state index contributed by atoms with van der Waals surface area (Å²) in [7, 11) is -4.25. The van der Waals surface area contributed by atoms with Gasteiger partial charge in [0.2, 0.25) is 15.9 Å². The summed E-state index contributed by atoms with van der Waals surface area (Å²) in [5.74, 6) is -4.48. The average Bonchev–Trinajstić information content (AvgIpc) is 2.71. The monoisotopic (exact) mass is 557 g/mol. The van der Waals surface area contributed by atoms with E-state index >= 15 is 0 Å². The van der Waals surface area contributed by atoms with Crippen molar-refractivity contribution in [2.45, 2.75) is 17.2 Å². The number of piperazine rings is 1. The highest BCUT2D eigenvalue weighted by Crippen LogP contribution is 2.34. The molecule has 0 unspecified atom stereocenters. The molecule has 0 atom stereocenters. The Morgan fingerprint density at radius 2 is 1.51 bits per heavy atom. The minimum absolute atomic E-state index is 0.0544. The van der Waals surface area contributed by atoms with E-state index in [0.717, 1.165) is 10.4 Å². The summed E-state index contributed by atoms with van der Waals surface area (Å²) in [5.41, 5.74) is -1.12. The topological polar surface area (TPSA) is 144 Å². The summed E-state index contributed by atoms with van der Waals surface area (Å²) in [5, 5.41) is 17.5. The minimum atomic E-state index is -5.08. The molecule has 0 spiro atoms. The maximum Gasteiger partial charge on any atom is 0.490 e. The lowest BCUT2D eigenvalue weighted by atomic mass is 10.2. The molecule has 1 aliphatic rings. The first-order valence-electron chi connectivity index (χ1n) is 9.23. The minimum Gasteiger partial charge on any atom is -0.480 e. The molecule has 0 saturated carbocycles. The fourth-order valence-corrected chi connectivity index (χ4v) is 4.50. The van der Waals surface area contributed by atoms with Gasteiger partial charge < -0.3 is 15.5 Å². The first kappa shape index (κ1) is 30.4. The van der Waals surface area contributed by atoms with Crippen LogP contribution in [-0.2, 0) is 30.6 Å². The van der Waals surface area contributed by atoms with Gasteiger partial charge in [0.1, 0.15) is 11.4 Å². The van der Waals surface area contributed by atoms with Crippen LogP contribution in [0.1, 0.15) is 5.56 Å². The van der Waals surface area contributed by atoms with Gasteiger partial charge in [0, 0.05) is 26.2 Å². The Balaban J connectivity index is 0.000000762. The number of carbonyl (C=O) groups is 3. The van der Waals surface area contributed by atoms with Crippen molar-refractivity contribution in [3.8, 4) is 0 Å². The fraction of sp³-hybridized carbons (Fsp3) is 0.471. The third kappa shape index (κ3) is 9.50. The smallest absolute Gasteiger partial charge is 0.480 e. The summed E-state index contributed by atoms with van der Waals surface area (Å²) in [6.07, 6.45) is -9.79. The predicted molar refractivity (Wildman–Crippen MR) is 106 cm³/mol. The average molecular weight is 558 g/mol. The maximum atomic E-state index is 12.9. The molecule has 1 heterocycles. The molecule has 1 aromatic carbocycles. The van der Waals surface area contributed by atoms with Gasteiger partial charge in [-0.2, -0.15) is 30.6 Å². The number of nitrogens with one attached hydrogen (secondary N) is 1. The van der Waals surface area contributed by atoms with Crippen LogP contribution in [0, 0.1) is 0 Å². The van der Waals surface area contributed by atoms with Crippen LogP contribution in [-0.4, -0.2) is 91.1 Å². The molecule has 198 valence electrons. The summed E-state index contributed by atoms with van der Waals surface area (Å²) < 4.78 is 96.8. The standard InChI is InChI=1S/C15H17ClF3N3O5S.C2HF3O2/c16-11-2-1-10(15(17,18)19)7-12(11)28(26,27)22-5-3-21(4-6-22)9-13(23)20-8-14(24)25;3-2(4,5)1(6)7/h1-2,7H,3-6,8-9H2,(H,20,23)(H,24,25);(H,6,7). The Bertz CT molecular complexity index is 1040. The van der Waals surface area contributed by atoms with Gasteiger partial charge in [-0.15, -0.1) is 0 Å². The molecule has 1 aromatic rings. The molecule has 3 N–H and O–H groups in total. The number of carboxylic acids is 2. The van der Waals surface area contributed by atoms with Crippen molar-refractivity contribution in [1.29, 1.82) is 0 Å². The number of carbonyl (C=O) groups excluding carboxylic acids is 1. The van der Waals surface area contributed by atoms with E-state index in [2.05, 4.69) is 5.32 Å². The number of carboxylic acid groups (broad SMARTS) is 2. The number of sulfonamides is 1. The number of aliphatic carboxylic acids is 2. The SMILES string of the molecule is O=C(O)C(F)(F)F.O=C(O)CNC(=O)CN1CCN(S(=O)(=O)c2cc(C(F)(F)F)ccc2Cl)CC1. The van der Waals surface area contributed by atoms with Crippen molar-refractivity contribution in [2.24, 2.45) is 0 Å². The van der Waals surface area contributed by atoms with Crippen LogP contribution in [0.25, 0.3) is 0 Å². The van der Waals surface area contributed by atoms with E-state index in [1.165, 1.54) is 0 Å². The van der Waals surface area contributed by atoms with Gasteiger partial charge in [0.05, 0.1) is 17.1 Å². The van der Waals surface area contributed by atoms with Gasteiger partial charge in [0.15, 0.2) is 0 Å². The largest absolute Gasteiger partial charge is 0.490 e. The fourth-order valence-electron chi connectivity index (χ4n) is 2.58. The van der Waals surface area contributed by atoms with E-state index in [1.807, 2.05) is 0 Å². The van der Waals surface area contributed by atoms with Gasteiger partial charge in [-0.05, 0) is 18.2 Å². The summed E-state index contributed by atoms with van der Waals surface area (Å²) in [6.45, 7) is -0.457. The highest BCUT2D eigenvalue weighted by Gasteiger charge is 2.38. The first-order chi connectivity index (χ1) is 15.9. The first-order valence-corrected chi connectivity index (χ1v) is 11.1. The third-order valence-electron chi connectivity index (χ3n) is 4.25. The van der Waals surface area contributed by atoms with Crippen LogP contribution < -0.4 is 5.32 Å². The highest BCUT2D eigenvalue weighted by atomic mass is 35.5. The van der Waals surface area contributed by atoms with E-state index < -0.39 is 57.2 Å². The molecular weight excluding hydrogens is 540 g/mol. The maximum absolute atomic E-state index is 12.9. The van der Waals surface area contributed by atoms with Crippen molar-refractivity contribution >= 4 is 39.5 Å². The van der Waals surface area contributed by atoms with Gasteiger partial charge in [-0.25, -0.2) is 13.2 Å². The lowest BCUT2D eigenvalue weighted by Gasteiger charge is -2.33. The number of hydrogen-bond acceptors (Lipinski definition) is 6. The van der Waals surface area contributed by atoms with Crippen LogP contribution in [0.4, 0.5) is 26.3 Å². The molecule has 1 fully saturated rings. The van der Waals surface area contributed by atoms with Crippen molar-refractivity contribution < 1.29 is 59.4 Å². The van der Waals surface area contributed by atoms with E-state index in [0.29, 0.717) is 12.1 Å². The van der Waals surface area contributed by atoms with Crippen molar-refractivity contribution in [3.63, 3.8) is 0 Å². The van der Waals surface area contributed by atoms with Crippen LogP contribution in [0.2, 0.25) is 5.02 Å². The molecule has 1 saturated heterocycles. The number of rotatable bonds is 6. The quantitative estimate of drug-likeness (QED) is 0.446. The van der Waals surface area contributed by atoms with Crippen LogP contribution >= 0.6 is 11.6 Å². The number of alkyl halides is 6. The van der Waals surface area contributed by atoms with Crippen molar-refractivity contribution in [1.82, 2.24) is 14.5 Å². The molecule has 0 radical (unpaired) electrons. The Kier molecular flexibility index (Phi) is 10.3. The Labute approximate surface area is 199 Å². The Morgan fingerprint density at radius 1 is 1.00 bits per heavy atom. The Hall–Kier alpha value is -2.63. The molecule has 0 aromatic heterocycles. The lowest BCUT2D eigenvalue weighted by molar-refractivity contribution is -0.192. The predicted octanol–water partition coefficient (Wildman–Crippen LogP) is 1.50. The van der Waals surface area contributed by atoms with E-state index in [-0.39, 0.29) is 37.7 Å². The van der Waals surface area contributed by atoms with Gasteiger partial charge in [0.25, 0.3) is 0 Å². The number of nitrogens with zero attached hydrogens (tertiary/aromatic N) is 2. The molecule has 2 rings (SSSR count). The molecule has 35 heavy (non-hydrogen) atoms. The van der Waals surface area contributed by atoms with Gasteiger partial charge in [-0.1, -0.05) is 11.6 Å². The lowest BCUT2D eigenvalue weighted by Crippen LogP contribution is -2.51. The zero-order chi connectivity index (χ0) is 27.2. The van der Waals surface area contributed by atoms with E-state index in [4.69, 9.17) is 26.6 Å². The number of halogens is 7. The van der Waals surface area contributed by atoms with Gasteiger partial charge >= 0.3 is 24.3 Å². The molecular formula is C17H18ClF6N3O7S. The van der Waals surface area contributed by atoms with Crippen molar-refractivity contribution in [2.75, 3.05) is 39.3 Å². The molecule has 1 aliphatic heterocycles. The molecule has 0 bridgehead atoms. The zero-order valence-electron chi connectivity index (χ0n) is 17.4.